The lowest BCUT2D eigenvalue weighted by molar-refractivity contribution is -0.146. The van der Waals surface area contributed by atoms with E-state index in [0.717, 1.165) is 5.56 Å². The highest BCUT2D eigenvalue weighted by molar-refractivity contribution is 5.76. The molecule has 2 heterocycles. The quantitative estimate of drug-likeness (QED) is 0.845. The van der Waals surface area contributed by atoms with Gasteiger partial charge in [-0.2, -0.15) is 5.10 Å². The monoisotopic (exact) mass is 267 g/mol. The average Bonchev–Trinajstić information content (AvgIpc) is 2.82. The first-order valence-electron chi connectivity index (χ1n) is 6.61. The zero-order valence-electron chi connectivity index (χ0n) is 11.5. The number of aryl methyl sites for hydroxylation is 2. The van der Waals surface area contributed by atoms with Crippen molar-refractivity contribution in [1.29, 1.82) is 0 Å². The molecular weight excluding hydrogens is 246 g/mol. The summed E-state index contributed by atoms with van der Waals surface area (Å²) in [6.07, 6.45) is 3.87. The van der Waals surface area contributed by atoms with Crippen molar-refractivity contribution in [2.45, 2.75) is 39.0 Å². The van der Waals surface area contributed by atoms with Gasteiger partial charge in [-0.15, -0.1) is 0 Å². The van der Waals surface area contributed by atoms with Crippen LogP contribution in [0.2, 0.25) is 0 Å². The summed E-state index contributed by atoms with van der Waals surface area (Å²) < 4.78 is 7.20. The Morgan fingerprint density at radius 2 is 2.42 bits per heavy atom. The van der Waals surface area contributed by atoms with Gasteiger partial charge in [-0.25, -0.2) is 0 Å². The lowest BCUT2D eigenvalue weighted by Gasteiger charge is -2.37. The van der Waals surface area contributed by atoms with Gasteiger partial charge >= 0.3 is 0 Å². The maximum atomic E-state index is 12.2. The molecule has 2 unspecified atom stereocenters. The molecule has 0 spiro atoms. The summed E-state index contributed by atoms with van der Waals surface area (Å²) in [4.78, 5) is 14.0. The van der Waals surface area contributed by atoms with E-state index in [1.54, 1.807) is 15.8 Å². The predicted molar refractivity (Wildman–Crippen MR) is 69.6 cm³/mol. The number of ether oxygens (including phenoxy) is 1. The molecule has 0 saturated carbocycles. The second kappa shape index (κ2) is 6.16. The van der Waals surface area contributed by atoms with E-state index in [0.29, 0.717) is 26.1 Å². The van der Waals surface area contributed by atoms with E-state index in [1.165, 1.54) is 0 Å². The molecule has 1 N–H and O–H groups in total. The van der Waals surface area contributed by atoms with Crippen LogP contribution in [0.15, 0.2) is 12.4 Å². The van der Waals surface area contributed by atoms with Crippen molar-refractivity contribution in [3.63, 3.8) is 0 Å². The molecule has 0 bridgehead atoms. The third-order valence-electron chi connectivity index (χ3n) is 3.35. The second-order valence-electron chi connectivity index (χ2n) is 5.06. The van der Waals surface area contributed by atoms with E-state index in [9.17, 15) is 4.79 Å². The predicted octanol–water partition coefficient (Wildman–Crippen LogP) is 0.190. The van der Waals surface area contributed by atoms with Crippen LogP contribution in [0.4, 0.5) is 0 Å². The van der Waals surface area contributed by atoms with Crippen molar-refractivity contribution in [1.82, 2.24) is 14.7 Å². The SMILES string of the molecule is Cc1cnn(CCC(=O)N2CC(CO)OCC2C)c1. The molecule has 19 heavy (non-hydrogen) atoms. The minimum atomic E-state index is -0.257. The van der Waals surface area contributed by atoms with Gasteiger partial charge in [0, 0.05) is 25.7 Å². The minimum absolute atomic E-state index is 0.0468. The fraction of sp³-hybridized carbons (Fsp3) is 0.692. The number of hydrogen-bond acceptors (Lipinski definition) is 4. The highest BCUT2D eigenvalue weighted by atomic mass is 16.5. The Kier molecular flexibility index (Phi) is 4.55. The molecule has 1 aliphatic heterocycles. The van der Waals surface area contributed by atoms with Crippen molar-refractivity contribution in [2.75, 3.05) is 19.8 Å². The number of morpholine rings is 1. The van der Waals surface area contributed by atoms with Gasteiger partial charge < -0.3 is 14.7 Å². The van der Waals surface area contributed by atoms with Crippen LogP contribution in [0.3, 0.4) is 0 Å². The molecule has 2 rings (SSSR count). The number of hydrogen-bond donors (Lipinski definition) is 1. The second-order valence-corrected chi connectivity index (χ2v) is 5.06. The van der Waals surface area contributed by atoms with Gasteiger partial charge in [0.1, 0.15) is 0 Å². The first-order chi connectivity index (χ1) is 9.10. The largest absolute Gasteiger partial charge is 0.394 e. The number of aliphatic hydroxyl groups excluding tert-OH is 1. The van der Waals surface area contributed by atoms with Crippen molar-refractivity contribution in [3.05, 3.63) is 18.0 Å². The highest BCUT2D eigenvalue weighted by Crippen LogP contribution is 2.13. The summed E-state index contributed by atoms with van der Waals surface area (Å²) >= 11 is 0. The summed E-state index contributed by atoms with van der Waals surface area (Å²) in [5.41, 5.74) is 1.09. The topological polar surface area (TPSA) is 67.6 Å². The van der Waals surface area contributed by atoms with E-state index < -0.39 is 0 Å². The third kappa shape index (κ3) is 3.54. The zero-order chi connectivity index (χ0) is 13.8. The molecule has 6 heteroatoms. The fourth-order valence-electron chi connectivity index (χ4n) is 2.22. The summed E-state index contributed by atoms with van der Waals surface area (Å²) in [6.45, 7) is 5.42. The summed E-state index contributed by atoms with van der Waals surface area (Å²) in [6, 6.07) is 0.0645. The maximum Gasteiger partial charge on any atom is 0.224 e. The van der Waals surface area contributed by atoms with Gasteiger partial charge in [-0.05, 0) is 19.4 Å². The van der Waals surface area contributed by atoms with Crippen LogP contribution in [0.25, 0.3) is 0 Å². The van der Waals surface area contributed by atoms with E-state index >= 15 is 0 Å². The standard InChI is InChI=1S/C13H21N3O3/c1-10-5-14-15(6-10)4-3-13(18)16-7-12(8-17)19-9-11(16)2/h5-6,11-12,17H,3-4,7-9H2,1-2H3. The van der Waals surface area contributed by atoms with E-state index in [2.05, 4.69) is 5.10 Å². The number of carbonyl (C=O) groups is 1. The average molecular weight is 267 g/mol. The Morgan fingerprint density at radius 1 is 1.63 bits per heavy atom. The lowest BCUT2D eigenvalue weighted by atomic mass is 10.2. The Morgan fingerprint density at radius 3 is 3.05 bits per heavy atom. The molecule has 6 nitrogen and oxygen atoms in total. The highest BCUT2D eigenvalue weighted by Gasteiger charge is 2.28. The summed E-state index contributed by atoms with van der Waals surface area (Å²) in [7, 11) is 0. The molecule has 1 fully saturated rings. The van der Waals surface area contributed by atoms with Crippen LogP contribution in [0.5, 0.6) is 0 Å². The number of carbonyl (C=O) groups excluding carboxylic acids is 1. The van der Waals surface area contributed by atoms with Crippen molar-refractivity contribution < 1.29 is 14.6 Å². The normalized spacial score (nSPS) is 23.6. The Balaban J connectivity index is 1.87. The van der Waals surface area contributed by atoms with Gasteiger partial charge in [0.05, 0.1) is 31.6 Å². The minimum Gasteiger partial charge on any atom is -0.394 e. The molecule has 2 atom stereocenters. The van der Waals surface area contributed by atoms with Crippen molar-refractivity contribution in [2.24, 2.45) is 0 Å². The molecule has 1 aromatic heterocycles. The van der Waals surface area contributed by atoms with Crippen LogP contribution in [0.1, 0.15) is 18.9 Å². The molecule has 1 saturated heterocycles. The zero-order valence-corrected chi connectivity index (χ0v) is 11.5. The Hall–Kier alpha value is -1.40. The van der Waals surface area contributed by atoms with Crippen molar-refractivity contribution >= 4 is 5.91 Å². The number of nitrogens with zero attached hydrogens (tertiary/aromatic N) is 3. The van der Waals surface area contributed by atoms with Gasteiger partial charge in [-0.1, -0.05) is 0 Å². The number of aromatic nitrogens is 2. The molecule has 1 aliphatic rings. The first-order valence-corrected chi connectivity index (χ1v) is 6.61. The van der Waals surface area contributed by atoms with Crippen molar-refractivity contribution in [3.8, 4) is 0 Å². The molecule has 106 valence electrons. The van der Waals surface area contributed by atoms with Gasteiger partial charge in [0.25, 0.3) is 0 Å². The van der Waals surface area contributed by atoms with Crippen LogP contribution in [-0.4, -0.2) is 57.6 Å². The number of rotatable bonds is 4. The Bertz CT molecular complexity index is 433. The van der Waals surface area contributed by atoms with Crippen LogP contribution >= 0.6 is 0 Å². The molecule has 0 aromatic carbocycles. The third-order valence-corrected chi connectivity index (χ3v) is 3.35. The fourth-order valence-corrected chi connectivity index (χ4v) is 2.22. The molecular formula is C13H21N3O3. The lowest BCUT2D eigenvalue weighted by Crippen LogP contribution is -2.52. The molecule has 1 amide bonds. The number of amides is 1. The Labute approximate surface area is 113 Å². The van der Waals surface area contributed by atoms with Gasteiger partial charge in [0.2, 0.25) is 5.91 Å². The molecule has 1 aromatic rings. The smallest absolute Gasteiger partial charge is 0.224 e. The summed E-state index contributed by atoms with van der Waals surface area (Å²) in [5.74, 6) is 0.0856. The summed E-state index contributed by atoms with van der Waals surface area (Å²) in [5, 5.41) is 13.3. The van der Waals surface area contributed by atoms with Crippen LogP contribution < -0.4 is 0 Å². The van der Waals surface area contributed by atoms with E-state index in [-0.39, 0.29) is 24.7 Å². The van der Waals surface area contributed by atoms with Gasteiger partial charge in [0.15, 0.2) is 0 Å². The number of aliphatic hydroxyl groups is 1. The van der Waals surface area contributed by atoms with E-state index in [4.69, 9.17) is 9.84 Å². The van der Waals surface area contributed by atoms with E-state index in [1.807, 2.05) is 20.0 Å². The molecule has 0 aliphatic carbocycles. The van der Waals surface area contributed by atoms with Crippen LogP contribution in [0, 0.1) is 6.92 Å². The van der Waals surface area contributed by atoms with Gasteiger partial charge in [-0.3, -0.25) is 9.48 Å². The maximum absolute atomic E-state index is 12.2. The molecule has 0 radical (unpaired) electrons. The van der Waals surface area contributed by atoms with Crippen LogP contribution in [-0.2, 0) is 16.1 Å². The first kappa shape index (κ1) is 14.0.